The van der Waals surface area contributed by atoms with Crippen LogP contribution in [0.1, 0.15) is 15.9 Å². The highest BCUT2D eigenvalue weighted by molar-refractivity contribution is 7.18. The third-order valence-electron chi connectivity index (χ3n) is 3.37. The van der Waals surface area contributed by atoms with Gasteiger partial charge in [0.15, 0.2) is 0 Å². The number of para-hydroxylation sites is 1. The molecule has 1 amide bonds. The van der Waals surface area contributed by atoms with E-state index >= 15 is 0 Å². The number of hydrogen-bond acceptors (Lipinski definition) is 5. The standard InChI is InChI=1S/C17H15N3O2S/c1-11-7-3-4-8-12(11)16-19-20-17(23-16)18-15(21)13-9-5-6-10-14(13)22-2/h3-10H,1-2H3,(H,18,20,21). The summed E-state index contributed by atoms with van der Waals surface area (Å²) < 4.78 is 5.20. The van der Waals surface area contributed by atoms with E-state index in [1.807, 2.05) is 37.3 Å². The Morgan fingerprint density at radius 2 is 1.83 bits per heavy atom. The summed E-state index contributed by atoms with van der Waals surface area (Å²) in [5.74, 6) is 0.253. The molecule has 0 atom stereocenters. The molecule has 0 aliphatic rings. The van der Waals surface area contributed by atoms with Crippen molar-refractivity contribution in [1.29, 1.82) is 0 Å². The van der Waals surface area contributed by atoms with Crippen molar-refractivity contribution in [2.45, 2.75) is 6.92 Å². The Labute approximate surface area is 138 Å². The average molecular weight is 325 g/mol. The molecule has 3 aromatic rings. The van der Waals surface area contributed by atoms with E-state index in [-0.39, 0.29) is 5.91 Å². The van der Waals surface area contributed by atoms with E-state index in [0.29, 0.717) is 16.4 Å². The Balaban J connectivity index is 1.82. The summed E-state index contributed by atoms with van der Waals surface area (Å²) in [6, 6.07) is 15.0. The number of rotatable bonds is 4. The highest BCUT2D eigenvalue weighted by Gasteiger charge is 2.15. The zero-order valence-electron chi connectivity index (χ0n) is 12.7. The lowest BCUT2D eigenvalue weighted by atomic mass is 10.1. The van der Waals surface area contributed by atoms with Gasteiger partial charge >= 0.3 is 0 Å². The molecule has 3 rings (SSSR count). The molecule has 0 aliphatic carbocycles. The van der Waals surface area contributed by atoms with Gasteiger partial charge in [0.2, 0.25) is 5.13 Å². The second kappa shape index (κ2) is 6.58. The van der Waals surface area contributed by atoms with Crippen LogP contribution in [0.15, 0.2) is 48.5 Å². The number of amides is 1. The van der Waals surface area contributed by atoms with Crippen molar-refractivity contribution in [3.63, 3.8) is 0 Å². The third-order valence-corrected chi connectivity index (χ3v) is 4.24. The number of nitrogens with one attached hydrogen (secondary N) is 1. The number of methoxy groups -OCH3 is 1. The van der Waals surface area contributed by atoms with Crippen LogP contribution in [0.25, 0.3) is 10.6 Å². The van der Waals surface area contributed by atoms with Crippen molar-refractivity contribution < 1.29 is 9.53 Å². The van der Waals surface area contributed by atoms with E-state index in [9.17, 15) is 4.79 Å². The third kappa shape index (κ3) is 3.22. The number of aryl methyl sites for hydroxylation is 1. The maximum Gasteiger partial charge on any atom is 0.261 e. The lowest BCUT2D eigenvalue weighted by molar-refractivity contribution is 0.102. The predicted molar refractivity (Wildman–Crippen MR) is 91.0 cm³/mol. The second-order valence-corrected chi connectivity index (χ2v) is 5.86. The SMILES string of the molecule is COc1ccccc1C(=O)Nc1nnc(-c2ccccc2C)s1. The summed E-state index contributed by atoms with van der Waals surface area (Å²) in [5.41, 5.74) is 2.59. The van der Waals surface area contributed by atoms with Crippen LogP contribution in [0, 0.1) is 6.92 Å². The first kappa shape index (κ1) is 15.2. The molecule has 6 heteroatoms. The fraction of sp³-hybridized carbons (Fsp3) is 0.118. The number of carbonyl (C=O) groups excluding carboxylic acids is 1. The first-order chi connectivity index (χ1) is 11.2. The summed E-state index contributed by atoms with van der Waals surface area (Å²) in [4.78, 5) is 12.4. The van der Waals surface area contributed by atoms with E-state index in [4.69, 9.17) is 4.74 Å². The molecule has 1 heterocycles. The van der Waals surface area contributed by atoms with Crippen molar-refractivity contribution in [3.8, 4) is 16.3 Å². The molecule has 0 spiro atoms. The van der Waals surface area contributed by atoms with E-state index in [1.165, 1.54) is 18.4 Å². The van der Waals surface area contributed by atoms with Crippen LogP contribution < -0.4 is 10.1 Å². The monoisotopic (exact) mass is 325 g/mol. The maximum atomic E-state index is 12.4. The first-order valence-electron chi connectivity index (χ1n) is 7.03. The van der Waals surface area contributed by atoms with Crippen molar-refractivity contribution in [1.82, 2.24) is 10.2 Å². The smallest absolute Gasteiger partial charge is 0.261 e. The van der Waals surface area contributed by atoms with Gasteiger partial charge in [-0.2, -0.15) is 0 Å². The van der Waals surface area contributed by atoms with Gasteiger partial charge in [-0.05, 0) is 24.6 Å². The predicted octanol–water partition coefficient (Wildman–Crippen LogP) is 3.77. The minimum Gasteiger partial charge on any atom is -0.496 e. The van der Waals surface area contributed by atoms with Crippen molar-refractivity contribution >= 4 is 22.4 Å². The molecule has 1 aromatic heterocycles. The molecule has 0 radical (unpaired) electrons. The molecule has 0 unspecified atom stereocenters. The molecule has 2 aromatic carbocycles. The second-order valence-electron chi connectivity index (χ2n) is 4.88. The summed E-state index contributed by atoms with van der Waals surface area (Å²) >= 11 is 1.34. The van der Waals surface area contributed by atoms with Gasteiger partial charge in [0.25, 0.3) is 5.91 Å². The minimum atomic E-state index is -0.269. The fourth-order valence-electron chi connectivity index (χ4n) is 2.19. The summed E-state index contributed by atoms with van der Waals surface area (Å²) in [6.07, 6.45) is 0. The molecule has 1 N–H and O–H groups in total. The largest absolute Gasteiger partial charge is 0.496 e. The summed E-state index contributed by atoms with van der Waals surface area (Å²) in [7, 11) is 1.54. The van der Waals surface area contributed by atoms with Gasteiger partial charge in [0.1, 0.15) is 10.8 Å². The number of ether oxygens (including phenoxy) is 1. The van der Waals surface area contributed by atoms with Crippen molar-refractivity contribution in [3.05, 3.63) is 59.7 Å². The topological polar surface area (TPSA) is 64.1 Å². The normalized spacial score (nSPS) is 10.3. The zero-order chi connectivity index (χ0) is 16.2. The molecule has 0 fully saturated rings. The Morgan fingerprint density at radius 3 is 2.61 bits per heavy atom. The van der Waals surface area contributed by atoms with E-state index in [0.717, 1.165) is 16.1 Å². The summed E-state index contributed by atoms with van der Waals surface area (Å²) in [6.45, 7) is 2.02. The van der Waals surface area contributed by atoms with Crippen molar-refractivity contribution in [2.24, 2.45) is 0 Å². The lowest BCUT2D eigenvalue weighted by Gasteiger charge is -2.06. The molecule has 116 valence electrons. The van der Waals surface area contributed by atoms with Crippen LogP contribution in [-0.4, -0.2) is 23.2 Å². The van der Waals surface area contributed by atoms with E-state index < -0.39 is 0 Å². The average Bonchev–Trinajstić information content (AvgIpc) is 3.03. The van der Waals surface area contributed by atoms with Gasteiger partial charge in [-0.15, -0.1) is 10.2 Å². The van der Waals surface area contributed by atoms with E-state index in [2.05, 4.69) is 15.5 Å². The lowest BCUT2D eigenvalue weighted by Crippen LogP contribution is -2.12. The van der Waals surface area contributed by atoms with Gasteiger partial charge in [0.05, 0.1) is 12.7 Å². The molecule has 0 aliphatic heterocycles. The number of nitrogens with zero attached hydrogens (tertiary/aromatic N) is 2. The van der Waals surface area contributed by atoms with E-state index in [1.54, 1.807) is 18.2 Å². The van der Waals surface area contributed by atoms with Crippen LogP contribution >= 0.6 is 11.3 Å². The molecule has 23 heavy (non-hydrogen) atoms. The van der Waals surface area contributed by atoms with Gasteiger partial charge in [-0.3, -0.25) is 10.1 Å². The molecular formula is C17H15N3O2S. The quantitative estimate of drug-likeness (QED) is 0.793. The molecule has 0 saturated carbocycles. The van der Waals surface area contributed by atoms with Crippen LogP contribution in [0.2, 0.25) is 0 Å². The Kier molecular flexibility index (Phi) is 4.34. The number of aromatic nitrogens is 2. The first-order valence-corrected chi connectivity index (χ1v) is 7.84. The number of anilines is 1. The minimum absolute atomic E-state index is 0.269. The van der Waals surface area contributed by atoms with Gasteiger partial charge < -0.3 is 4.74 Å². The molecule has 0 saturated heterocycles. The van der Waals surface area contributed by atoms with Crippen molar-refractivity contribution in [2.75, 3.05) is 12.4 Å². The number of benzene rings is 2. The molecule has 5 nitrogen and oxygen atoms in total. The fourth-order valence-corrected chi connectivity index (χ4v) is 3.02. The van der Waals surface area contributed by atoms with Gasteiger partial charge in [-0.25, -0.2) is 0 Å². The number of hydrogen-bond donors (Lipinski definition) is 1. The molecule has 0 bridgehead atoms. The summed E-state index contributed by atoms with van der Waals surface area (Å²) in [5, 5.41) is 12.2. The maximum absolute atomic E-state index is 12.4. The molecular weight excluding hydrogens is 310 g/mol. The number of carbonyl (C=O) groups is 1. The van der Waals surface area contributed by atoms with Crippen LogP contribution in [0.5, 0.6) is 5.75 Å². The highest BCUT2D eigenvalue weighted by Crippen LogP contribution is 2.29. The van der Waals surface area contributed by atoms with Crippen LogP contribution in [0.4, 0.5) is 5.13 Å². The highest BCUT2D eigenvalue weighted by atomic mass is 32.1. The zero-order valence-corrected chi connectivity index (χ0v) is 13.6. The van der Waals surface area contributed by atoms with Gasteiger partial charge in [0, 0.05) is 5.56 Å². The van der Waals surface area contributed by atoms with Crippen LogP contribution in [0.3, 0.4) is 0 Å². The Bertz CT molecular complexity index is 845. The Morgan fingerprint density at radius 1 is 1.09 bits per heavy atom. The Hall–Kier alpha value is -2.73. The van der Waals surface area contributed by atoms with Crippen LogP contribution in [-0.2, 0) is 0 Å². The van der Waals surface area contributed by atoms with Gasteiger partial charge in [-0.1, -0.05) is 47.7 Å².